The molecule has 1 N–H and O–H groups in total. The van der Waals surface area contributed by atoms with Crippen molar-refractivity contribution in [3.63, 3.8) is 0 Å². The number of rotatable bonds is 1. The van der Waals surface area contributed by atoms with Gasteiger partial charge in [0.2, 0.25) is 5.60 Å². The fourth-order valence-corrected chi connectivity index (χ4v) is 2.67. The number of carboxylic acids is 1. The van der Waals surface area contributed by atoms with Crippen LogP contribution in [-0.2, 0) is 16.0 Å². The lowest BCUT2D eigenvalue weighted by Gasteiger charge is -2.31. The molecule has 1 atom stereocenters. The first-order chi connectivity index (χ1) is 7.83. The van der Waals surface area contributed by atoms with Gasteiger partial charge in [0.1, 0.15) is 0 Å². The molecule has 0 bridgehead atoms. The van der Waals surface area contributed by atoms with Crippen LogP contribution >= 0.6 is 27.5 Å². The molecule has 90 valence electrons. The average Bonchev–Trinajstić information content (AvgIpc) is 2.20. The van der Waals surface area contributed by atoms with E-state index in [4.69, 9.17) is 21.4 Å². The van der Waals surface area contributed by atoms with Crippen LogP contribution in [0.25, 0.3) is 0 Å². The molecule has 0 aliphatic carbocycles. The Hall–Kier alpha value is -1.07. The lowest BCUT2D eigenvalue weighted by Crippen LogP contribution is -2.45. The van der Waals surface area contributed by atoms with Gasteiger partial charge < -0.3 is 9.84 Å². The molecule has 0 saturated heterocycles. The number of aliphatic carboxylic acids is 1. The highest BCUT2D eigenvalue weighted by atomic mass is 79.9. The van der Waals surface area contributed by atoms with Gasteiger partial charge in [0.15, 0.2) is 0 Å². The topological polar surface area (TPSA) is 63.6 Å². The van der Waals surface area contributed by atoms with Crippen molar-refractivity contribution in [1.29, 1.82) is 0 Å². The Balaban J connectivity index is 2.58. The van der Waals surface area contributed by atoms with Crippen LogP contribution in [0.1, 0.15) is 22.8 Å². The number of benzene rings is 1. The Morgan fingerprint density at radius 1 is 1.59 bits per heavy atom. The maximum Gasteiger partial charge on any atom is 0.348 e. The zero-order valence-corrected chi connectivity index (χ0v) is 11.1. The van der Waals surface area contributed by atoms with Gasteiger partial charge in [-0.3, -0.25) is 0 Å². The van der Waals surface area contributed by atoms with Crippen molar-refractivity contribution >= 4 is 39.5 Å². The van der Waals surface area contributed by atoms with Crippen LogP contribution in [0.5, 0.6) is 0 Å². The maximum atomic E-state index is 11.7. The molecule has 2 rings (SSSR count). The molecule has 4 nitrogen and oxygen atoms in total. The van der Waals surface area contributed by atoms with Crippen molar-refractivity contribution in [3.05, 3.63) is 32.8 Å². The number of halogens is 2. The number of carbonyl (C=O) groups excluding carboxylic acids is 1. The second-order valence-electron chi connectivity index (χ2n) is 4.02. The lowest BCUT2D eigenvalue weighted by atomic mass is 9.90. The lowest BCUT2D eigenvalue weighted by molar-refractivity contribution is -0.158. The zero-order chi connectivity index (χ0) is 12.8. The molecule has 17 heavy (non-hydrogen) atoms. The predicted molar refractivity (Wildman–Crippen MR) is 64.3 cm³/mol. The Morgan fingerprint density at radius 3 is 2.82 bits per heavy atom. The van der Waals surface area contributed by atoms with E-state index in [0.717, 1.165) is 0 Å². The second kappa shape index (κ2) is 3.99. The molecule has 0 amide bonds. The van der Waals surface area contributed by atoms with Crippen LogP contribution in [0.3, 0.4) is 0 Å². The SMILES string of the molecule is CC1(C(=O)O)Cc2c(Br)cc(Cl)cc2C(=O)O1. The molecule has 1 aromatic rings. The predicted octanol–water partition coefficient (Wildman–Crippen LogP) is 2.66. The maximum absolute atomic E-state index is 11.7. The summed E-state index contributed by atoms with van der Waals surface area (Å²) in [6, 6.07) is 3.10. The van der Waals surface area contributed by atoms with Gasteiger partial charge in [-0.25, -0.2) is 9.59 Å². The summed E-state index contributed by atoms with van der Waals surface area (Å²) in [6.07, 6.45) is 0.112. The number of hydrogen-bond acceptors (Lipinski definition) is 3. The molecule has 0 spiro atoms. The Kier molecular flexibility index (Phi) is 2.91. The van der Waals surface area contributed by atoms with Gasteiger partial charge in [0, 0.05) is 15.9 Å². The Labute approximate surface area is 111 Å². The minimum absolute atomic E-state index is 0.112. The van der Waals surface area contributed by atoms with Gasteiger partial charge in [-0.05, 0) is 24.6 Å². The fraction of sp³-hybridized carbons (Fsp3) is 0.273. The number of cyclic esters (lactones) is 1. The highest BCUT2D eigenvalue weighted by molar-refractivity contribution is 9.10. The molecule has 1 aromatic carbocycles. The summed E-state index contributed by atoms with van der Waals surface area (Å²) < 4.78 is 5.57. The van der Waals surface area contributed by atoms with E-state index < -0.39 is 17.5 Å². The second-order valence-corrected chi connectivity index (χ2v) is 5.31. The standard InChI is InChI=1S/C11H8BrClO4/c1-11(10(15)16)4-7-6(9(14)17-11)2-5(13)3-8(7)12/h2-3H,4H2,1H3,(H,15,16). The molecule has 0 aromatic heterocycles. The molecular weight excluding hydrogens is 311 g/mol. The minimum atomic E-state index is -1.53. The molecule has 0 radical (unpaired) electrons. The van der Waals surface area contributed by atoms with E-state index in [1.165, 1.54) is 13.0 Å². The van der Waals surface area contributed by atoms with Gasteiger partial charge in [-0.15, -0.1) is 0 Å². The van der Waals surface area contributed by atoms with Crippen LogP contribution < -0.4 is 0 Å². The molecule has 1 heterocycles. The zero-order valence-electron chi connectivity index (χ0n) is 8.79. The van der Waals surface area contributed by atoms with E-state index in [0.29, 0.717) is 20.6 Å². The van der Waals surface area contributed by atoms with Crippen LogP contribution in [0.15, 0.2) is 16.6 Å². The summed E-state index contributed by atoms with van der Waals surface area (Å²) in [4.78, 5) is 22.8. The molecule has 0 fully saturated rings. The minimum Gasteiger partial charge on any atom is -0.478 e. The highest BCUT2D eigenvalue weighted by Gasteiger charge is 2.43. The quantitative estimate of drug-likeness (QED) is 0.808. The van der Waals surface area contributed by atoms with Gasteiger partial charge in [0.25, 0.3) is 0 Å². The normalized spacial score (nSPS) is 22.9. The van der Waals surface area contributed by atoms with E-state index in [2.05, 4.69) is 15.9 Å². The smallest absolute Gasteiger partial charge is 0.348 e. The Morgan fingerprint density at radius 2 is 2.24 bits per heavy atom. The average molecular weight is 320 g/mol. The monoisotopic (exact) mass is 318 g/mol. The first-order valence-corrected chi connectivity index (χ1v) is 5.95. The van der Waals surface area contributed by atoms with Gasteiger partial charge >= 0.3 is 11.9 Å². The molecule has 6 heteroatoms. The van der Waals surface area contributed by atoms with Crippen molar-refractivity contribution < 1.29 is 19.4 Å². The summed E-state index contributed by atoms with van der Waals surface area (Å²) in [6.45, 7) is 1.37. The van der Waals surface area contributed by atoms with Crippen LogP contribution in [-0.4, -0.2) is 22.6 Å². The van der Waals surface area contributed by atoms with Crippen molar-refractivity contribution in [2.75, 3.05) is 0 Å². The number of hydrogen-bond donors (Lipinski definition) is 1. The van der Waals surface area contributed by atoms with Gasteiger partial charge in [-0.2, -0.15) is 0 Å². The number of ether oxygens (including phenoxy) is 1. The van der Waals surface area contributed by atoms with E-state index in [1.54, 1.807) is 6.07 Å². The summed E-state index contributed by atoms with van der Waals surface area (Å²) in [5.74, 6) is -1.84. The highest BCUT2D eigenvalue weighted by Crippen LogP contribution is 2.35. The number of esters is 1. The summed E-state index contributed by atoms with van der Waals surface area (Å²) in [5.41, 5.74) is -0.612. The van der Waals surface area contributed by atoms with Crippen molar-refractivity contribution in [2.24, 2.45) is 0 Å². The fourth-order valence-electron chi connectivity index (χ4n) is 1.72. The van der Waals surface area contributed by atoms with Gasteiger partial charge in [-0.1, -0.05) is 27.5 Å². The van der Waals surface area contributed by atoms with Crippen molar-refractivity contribution in [2.45, 2.75) is 18.9 Å². The number of carbonyl (C=O) groups is 2. The summed E-state index contributed by atoms with van der Waals surface area (Å²) in [5, 5.41) is 9.46. The van der Waals surface area contributed by atoms with Gasteiger partial charge in [0.05, 0.1) is 5.56 Å². The Bertz CT molecular complexity index is 528. The number of fused-ring (bicyclic) bond motifs is 1. The molecule has 1 aliphatic rings. The third-order valence-electron chi connectivity index (χ3n) is 2.66. The van der Waals surface area contributed by atoms with Crippen LogP contribution in [0.2, 0.25) is 5.02 Å². The largest absolute Gasteiger partial charge is 0.478 e. The first kappa shape index (κ1) is 12.4. The third kappa shape index (κ3) is 2.05. The van der Waals surface area contributed by atoms with E-state index in [9.17, 15) is 9.59 Å². The third-order valence-corrected chi connectivity index (χ3v) is 3.59. The van der Waals surface area contributed by atoms with Crippen LogP contribution in [0, 0.1) is 0 Å². The summed E-state index contributed by atoms with van der Waals surface area (Å²) >= 11 is 9.10. The van der Waals surface area contributed by atoms with Crippen molar-refractivity contribution in [3.8, 4) is 0 Å². The van der Waals surface area contributed by atoms with Crippen molar-refractivity contribution in [1.82, 2.24) is 0 Å². The summed E-state index contributed by atoms with van der Waals surface area (Å²) in [7, 11) is 0. The van der Waals surface area contributed by atoms with E-state index in [-0.39, 0.29) is 6.42 Å². The number of carboxylic acid groups (broad SMARTS) is 1. The first-order valence-electron chi connectivity index (χ1n) is 4.78. The van der Waals surface area contributed by atoms with E-state index in [1.807, 2.05) is 0 Å². The molecule has 0 saturated carbocycles. The molecule has 1 aliphatic heterocycles. The molecule has 1 unspecified atom stereocenters. The van der Waals surface area contributed by atoms with Crippen LogP contribution in [0.4, 0.5) is 0 Å². The van der Waals surface area contributed by atoms with E-state index >= 15 is 0 Å². The molecular formula is C11H8BrClO4.